The van der Waals surface area contributed by atoms with Gasteiger partial charge in [0.05, 0.1) is 0 Å². The van der Waals surface area contributed by atoms with Crippen LogP contribution in [0.3, 0.4) is 0 Å². The normalized spacial score (nSPS) is 10.3. The fraction of sp³-hybridized carbons (Fsp3) is 0.333. The van der Waals surface area contributed by atoms with Gasteiger partial charge in [-0.25, -0.2) is 0 Å². The Morgan fingerprint density at radius 2 is 1.35 bits per heavy atom. The van der Waals surface area contributed by atoms with E-state index in [0.717, 1.165) is 5.56 Å². The van der Waals surface area contributed by atoms with Crippen LogP contribution in [0.2, 0.25) is 0 Å². The van der Waals surface area contributed by atoms with Gasteiger partial charge >= 0.3 is 0 Å². The molecule has 2 rings (SSSR count). The minimum Gasteiger partial charge on any atom is -0.508 e. The van der Waals surface area contributed by atoms with Crippen molar-refractivity contribution in [2.45, 2.75) is 39.5 Å². The first-order chi connectivity index (χ1) is 9.41. The molecule has 2 nitrogen and oxygen atoms in total. The molecule has 0 saturated heterocycles. The van der Waals surface area contributed by atoms with Gasteiger partial charge in [0.15, 0.2) is 0 Å². The van der Waals surface area contributed by atoms with E-state index < -0.39 is 0 Å². The summed E-state index contributed by atoms with van der Waals surface area (Å²) in [6.07, 6.45) is 0. The van der Waals surface area contributed by atoms with Crippen LogP contribution < -0.4 is 0 Å². The van der Waals surface area contributed by atoms with E-state index in [4.69, 9.17) is 5.11 Å². The second kappa shape index (κ2) is 7.59. The Morgan fingerprint density at radius 1 is 0.750 bits per heavy atom. The van der Waals surface area contributed by atoms with Gasteiger partial charge in [-0.15, -0.1) is 0 Å². The Kier molecular flexibility index (Phi) is 6.10. The molecule has 0 aliphatic rings. The molecule has 108 valence electrons. The zero-order chi connectivity index (χ0) is 15.1. The highest BCUT2D eigenvalue weighted by molar-refractivity contribution is 5.39. The first-order valence-corrected chi connectivity index (χ1v) is 6.98. The summed E-state index contributed by atoms with van der Waals surface area (Å²) in [6, 6.07) is 14.6. The van der Waals surface area contributed by atoms with E-state index in [2.05, 4.69) is 33.8 Å². The van der Waals surface area contributed by atoms with Crippen LogP contribution in [0, 0.1) is 0 Å². The summed E-state index contributed by atoms with van der Waals surface area (Å²) in [5.74, 6) is 1.65. The van der Waals surface area contributed by atoms with Crippen molar-refractivity contribution in [2.75, 3.05) is 0 Å². The van der Waals surface area contributed by atoms with Crippen molar-refractivity contribution in [3.8, 4) is 11.5 Å². The van der Waals surface area contributed by atoms with E-state index in [1.807, 2.05) is 12.1 Å². The lowest BCUT2D eigenvalue weighted by Gasteiger charge is -2.12. The van der Waals surface area contributed by atoms with Gasteiger partial charge in [-0.1, -0.05) is 58.0 Å². The third kappa shape index (κ3) is 4.96. The van der Waals surface area contributed by atoms with Gasteiger partial charge in [0.25, 0.3) is 0 Å². The van der Waals surface area contributed by atoms with Crippen LogP contribution in [0.1, 0.15) is 50.7 Å². The second-order valence-corrected chi connectivity index (χ2v) is 5.46. The maximum absolute atomic E-state index is 9.59. The lowest BCUT2D eigenvalue weighted by atomic mass is 9.95. The molecule has 0 aliphatic heterocycles. The maximum atomic E-state index is 9.59. The van der Waals surface area contributed by atoms with Crippen LogP contribution in [0.5, 0.6) is 11.5 Å². The van der Waals surface area contributed by atoms with Gasteiger partial charge in [0.2, 0.25) is 0 Å². The SMILES string of the molecule is CC(C)c1ccc(O)c(C(C)C)c1.Oc1ccccc1. The smallest absolute Gasteiger partial charge is 0.119 e. The average molecular weight is 272 g/mol. The minimum absolute atomic E-state index is 0.322. The molecular weight excluding hydrogens is 248 g/mol. The predicted molar refractivity (Wildman–Crippen MR) is 84.4 cm³/mol. The van der Waals surface area contributed by atoms with Gasteiger partial charge < -0.3 is 10.2 Å². The van der Waals surface area contributed by atoms with E-state index in [1.165, 1.54) is 5.56 Å². The van der Waals surface area contributed by atoms with Crippen LogP contribution in [0.4, 0.5) is 0 Å². The summed E-state index contributed by atoms with van der Waals surface area (Å²) < 4.78 is 0. The van der Waals surface area contributed by atoms with Crippen LogP contribution in [-0.4, -0.2) is 10.2 Å². The molecule has 2 heteroatoms. The second-order valence-electron chi connectivity index (χ2n) is 5.46. The molecule has 0 amide bonds. The van der Waals surface area contributed by atoms with Crippen molar-refractivity contribution in [3.05, 3.63) is 59.7 Å². The van der Waals surface area contributed by atoms with Crippen molar-refractivity contribution < 1.29 is 10.2 Å². The first kappa shape index (κ1) is 16.1. The topological polar surface area (TPSA) is 40.5 Å². The molecule has 0 fully saturated rings. The molecular formula is C18H24O2. The van der Waals surface area contributed by atoms with Gasteiger partial charge in [0, 0.05) is 0 Å². The summed E-state index contributed by atoms with van der Waals surface area (Å²) in [4.78, 5) is 0. The summed E-state index contributed by atoms with van der Waals surface area (Å²) in [5.41, 5.74) is 2.34. The van der Waals surface area contributed by atoms with Crippen molar-refractivity contribution in [2.24, 2.45) is 0 Å². The third-order valence-corrected chi connectivity index (χ3v) is 3.10. The van der Waals surface area contributed by atoms with E-state index >= 15 is 0 Å². The van der Waals surface area contributed by atoms with Crippen molar-refractivity contribution in [1.29, 1.82) is 0 Å². The van der Waals surface area contributed by atoms with Gasteiger partial charge in [-0.3, -0.25) is 0 Å². The molecule has 0 unspecified atom stereocenters. The van der Waals surface area contributed by atoms with Crippen LogP contribution in [0.25, 0.3) is 0 Å². The van der Waals surface area contributed by atoms with E-state index in [-0.39, 0.29) is 0 Å². The van der Waals surface area contributed by atoms with E-state index in [1.54, 1.807) is 30.3 Å². The summed E-state index contributed by atoms with van der Waals surface area (Å²) >= 11 is 0. The number of para-hydroxylation sites is 1. The lowest BCUT2D eigenvalue weighted by Crippen LogP contribution is -1.93. The Morgan fingerprint density at radius 3 is 1.75 bits per heavy atom. The molecule has 2 aromatic carbocycles. The predicted octanol–water partition coefficient (Wildman–Crippen LogP) is 5.03. The minimum atomic E-state index is 0.322. The highest BCUT2D eigenvalue weighted by Crippen LogP contribution is 2.28. The fourth-order valence-electron chi connectivity index (χ4n) is 1.82. The zero-order valence-corrected chi connectivity index (χ0v) is 12.7. The number of benzene rings is 2. The Bertz CT molecular complexity index is 516. The Labute approximate surface area is 121 Å². The number of phenolic OH excluding ortho intramolecular Hbond substituents is 2. The van der Waals surface area contributed by atoms with Gasteiger partial charge in [0.1, 0.15) is 11.5 Å². The van der Waals surface area contributed by atoms with Crippen molar-refractivity contribution >= 4 is 0 Å². The number of hydrogen-bond acceptors (Lipinski definition) is 2. The molecule has 0 radical (unpaired) electrons. The molecule has 0 heterocycles. The Hall–Kier alpha value is -1.96. The van der Waals surface area contributed by atoms with E-state index in [9.17, 15) is 5.11 Å². The van der Waals surface area contributed by atoms with Crippen LogP contribution in [0.15, 0.2) is 48.5 Å². The molecule has 2 aromatic rings. The van der Waals surface area contributed by atoms with Crippen molar-refractivity contribution in [1.82, 2.24) is 0 Å². The third-order valence-electron chi connectivity index (χ3n) is 3.10. The molecule has 0 spiro atoms. The number of hydrogen-bond donors (Lipinski definition) is 2. The molecule has 2 N–H and O–H groups in total. The maximum Gasteiger partial charge on any atom is 0.119 e. The molecule has 20 heavy (non-hydrogen) atoms. The molecule has 0 saturated carbocycles. The molecule has 0 bridgehead atoms. The quantitative estimate of drug-likeness (QED) is 0.804. The highest BCUT2D eigenvalue weighted by Gasteiger charge is 2.08. The lowest BCUT2D eigenvalue weighted by molar-refractivity contribution is 0.464. The molecule has 0 atom stereocenters. The summed E-state index contributed by atoms with van der Waals surface area (Å²) in [5, 5.41) is 18.2. The number of phenols is 2. The zero-order valence-electron chi connectivity index (χ0n) is 12.7. The Balaban J connectivity index is 0.000000240. The monoisotopic (exact) mass is 272 g/mol. The average Bonchev–Trinajstić information content (AvgIpc) is 2.40. The van der Waals surface area contributed by atoms with Gasteiger partial charge in [-0.2, -0.15) is 0 Å². The van der Waals surface area contributed by atoms with Crippen LogP contribution >= 0.6 is 0 Å². The van der Waals surface area contributed by atoms with Crippen LogP contribution in [-0.2, 0) is 0 Å². The summed E-state index contributed by atoms with van der Waals surface area (Å²) in [7, 11) is 0. The molecule has 0 aliphatic carbocycles. The molecule has 0 aromatic heterocycles. The number of rotatable bonds is 2. The van der Waals surface area contributed by atoms with E-state index in [0.29, 0.717) is 23.3 Å². The largest absolute Gasteiger partial charge is 0.508 e. The van der Waals surface area contributed by atoms with Gasteiger partial charge in [-0.05, 0) is 41.2 Å². The fourth-order valence-corrected chi connectivity index (χ4v) is 1.82. The highest BCUT2D eigenvalue weighted by atomic mass is 16.3. The standard InChI is InChI=1S/C12H18O.C6H6O/c1-8(2)10-5-6-12(13)11(7-10)9(3)4;7-6-4-2-1-3-5-6/h5-9,13H,1-4H3;1-5,7H. The number of aromatic hydroxyl groups is 2. The van der Waals surface area contributed by atoms with Crippen molar-refractivity contribution in [3.63, 3.8) is 0 Å². The first-order valence-electron chi connectivity index (χ1n) is 6.98. The summed E-state index contributed by atoms with van der Waals surface area (Å²) in [6.45, 7) is 8.52.